The van der Waals surface area contributed by atoms with Crippen molar-refractivity contribution in [1.29, 1.82) is 0 Å². The molecule has 0 saturated heterocycles. The second-order valence-corrected chi connectivity index (χ2v) is 10.7. The standard InChI is InChI=1S/C35H29N2.2C2H6.Sc/c1-23-13-15-24(16-14-23)37(25-18-20-34-30(21-25)29-10-6-8-12-33(29)36(34)4)26-17-19-28-27-9-5-7-11-31(27)35(2,3)32(28)22-26;2*1-2;/h5-22H,1H2,2-4H3;2*1-2H3;/q-1;;;. The van der Waals surface area contributed by atoms with Gasteiger partial charge in [0.25, 0.3) is 0 Å². The Morgan fingerprint density at radius 2 is 1.12 bits per heavy atom. The molecule has 2 nitrogen and oxygen atoms in total. The van der Waals surface area contributed by atoms with Crippen molar-refractivity contribution in [3.05, 3.63) is 133 Å². The molecule has 0 fully saturated rings. The van der Waals surface area contributed by atoms with Gasteiger partial charge in [0.05, 0.1) is 0 Å². The van der Waals surface area contributed by atoms with Crippen LogP contribution in [0.2, 0.25) is 0 Å². The first-order valence-corrected chi connectivity index (χ1v) is 14.9. The summed E-state index contributed by atoms with van der Waals surface area (Å²) in [4.78, 5) is 2.38. The zero-order chi connectivity index (χ0) is 29.3. The van der Waals surface area contributed by atoms with E-state index < -0.39 is 0 Å². The van der Waals surface area contributed by atoms with Crippen molar-refractivity contribution < 1.29 is 25.8 Å². The Labute approximate surface area is 270 Å². The predicted octanol–water partition coefficient (Wildman–Crippen LogP) is 11.3. The van der Waals surface area contributed by atoms with Crippen LogP contribution in [0.5, 0.6) is 0 Å². The van der Waals surface area contributed by atoms with Gasteiger partial charge in [-0.1, -0.05) is 102 Å². The number of aryl methyl sites for hydroxylation is 1. The van der Waals surface area contributed by atoms with Crippen molar-refractivity contribution >= 4 is 38.9 Å². The molecule has 6 aromatic rings. The third kappa shape index (κ3) is 5.13. The van der Waals surface area contributed by atoms with Crippen LogP contribution in [-0.4, -0.2) is 4.57 Å². The van der Waals surface area contributed by atoms with Gasteiger partial charge in [-0.25, -0.2) is 0 Å². The van der Waals surface area contributed by atoms with Crippen LogP contribution in [0.25, 0.3) is 32.9 Å². The van der Waals surface area contributed by atoms with Crippen LogP contribution in [-0.2, 0) is 38.3 Å². The molecule has 0 atom stereocenters. The van der Waals surface area contributed by atoms with Crippen molar-refractivity contribution in [3.63, 3.8) is 0 Å². The maximum atomic E-state index is 4.11. The average Bonchev–Trinajstić information content (AvgIpc) is 3.43. The minimum Gasteiger partial charge on any atom is -0.344 e. The van der Waals surface area contributed by atoms with E-state index in [9.17, 15) is 0 Å². The van der Waals surface area contributed by atoms with E-state index in [-0.39, 0.29) is 31.3 Å². The summed E-state index contributed by atoms with van der Waals surface area (Å²) in [6.45, 7) is 16.8. The topological polar surface area (TPSA) is 8.17 Å². The molecular formula is C39H41N2Sc-. The molecule has 0 unspecified atom stereocenters. The number of anilines is 3. The summed E-state index contributed by atoms with van der Waals surface area (Å²) in [7, 11) is 2.15. The van der Waals surface area contributed by atoms with E-state index in [0.717, 1.165) is 22.6 Å². The molecule has 3 heteroatoms. The van der Waals surface area contributed by atoms with E-state index in [2.05, 4.69) is 146 Å². The van der Waals surface area contributed by atoms with Crippen LogP contribution < -0.4 is 4.90 Å². The minimum atomic E-state index is -0.0512. The molecule has 1 heterocycles. The summed E-state index contributed by atoms with van der Waals surface area (Å²) in [5, 5.41) is 2.55. The van der Waals surface area contributed by atoms with Crippen LogP contribution in [0.1, 0.15) is 58.2 Å². The van der Waals surface area contributed by atoms with Gasteiger partial charge in [-0.05, 0) is 58.7 Å². The summed E-state index contributed by atoms with van der Waals surface area (Å²) < 4.78 is 2.28. The summed E-state index contributed by atoms with van der Waals surface area (Å²) in [5.74, 6) is 0. The van der Waals surface area contributed by atoms with Crippen molar-refractivity contribution in [1.82, 2.24) is 4.57 Å². The molecule has 42 heavy (non-hydrogen) atoms. The number of aromatic nitrogens is 1. The van der Waals surface area contributed by atoms with Crippen LogP contribution >= 0.6 is 0 Å². The first kappa shape index (κ1) is 31.4. The molecule has 211 valence electrons. The molecule has 0 bridgehead atoms. The minimum absolute atomic E-state index is 0. The Hall–Kier alpha value is -3.56. The van der Waals surface area contributed by atoms with E-state index in [4.69, 9.17) is 0 Å². The van der Waals surface area contributed by atoms with E-state index in [1.165, 1.54) is 44.1 Å². The summed E-state index contributed by atoms with van der Waals surface area (Å²) in [5.41, 5.74) is 12.3. The molecule has 1 aromatic heterocycles. The molecule has 0 N–H and O–H groups in total. The Morgan fingerprint density at radius 1 is 0.571 bits per heavy atom. The van der Waals surface area contributed by atoms with E-state index in [1.807, 2.05) is 27.7 Å². The van der Waals surface area contributed by atoms with Crippen LogP contribution in [0, 0.1) is 6.92 Å². The largest absolute Gasteiger partial charge is 0.344 e. The van der Waals surface area contributed by atoms with Gasteiger partial charge in [0, 0.05) is 77.2 Å². The fourth-order valence-electron chi connectivity index (χ4n) is 6.22. The van der Waals surface area contributed by atoms with Gasteiger partial charge < -0.3 is 9.47 Å². The first-order valence-electron chi connectivity index (χ1n) is 14.9. The normalized spacial score (nSPS) is 12.3. The Bertz CT molecular complexity index is 1830. The second kappa shape index (κ2) is 12.8. The predicted molar refractivity (Wildman–Crippen MR) is 180 cm³/mol. The molecule has 0 aliphatic heterocycles. The van der Waals surface area contributed by atoms with Crippen molar-refractivity contribution in [2.24, 2.45) is 7.05 Å². The molecule has 0 amide bonds. The van der Waals surface area contributed by atoms with Gasteiger partial charge in [0.1, 0.15) is 0 Å². The van der Waals surface area contributed by atoms with Crippen molar-refractivity contribution in [2.45, 2.75) is 47.0 Å². The number of nitrogens with zero attached hydrogens (tertiary/aromatic N) is 2. The summed E-state index contributed by atoms with van der Waals surface area (Å²) >= 11 is 0. The molecule has 0 spiro atoms. The zero-order valence-electron chi connectivity index (χ0n) is 26.1. The number of benzene rings is 5. The molecule has 7 rings (SSSR count). The van der Waals surface area contributed by atoms with Gasteiger partial charge in [-0.3, -0.25) is 0 Å². The molecular weight excluding hydrogens is 541 g/mol. The second-order valence-electron chi connectivity index (χ2n) is 10.7. The number of rotatable bonds is 3. The van der Waals surface area contributed by atoms with Gasteiger partial charge in [0.15, 0.2) is 0 Å². The molecule has 5 aromatic carbocycles. The Kier molecular flexibility index (Phi) is 9.53. The van der Waals surface area contributed by atoms with Crippen LogP contribution in [0.15, 0.2) is 109 Å². The summed E-state index contributed by atoms with van der Waals surface area (Å²) in [6, 6.07) is 39.8. The van der Waals surface area contributed by atoms with Crippen LogP contribution in [0.4, 0.5) is 17.1 Å². The molecule has 0 saturated carbocycles. The average molecular weight is 583 g/mol. The zero-order valence-corrected chi connectivity index (χ0v) is 27.9. The van der Waals surface area contributed by atoms with E-state index >= 15 is 0 Å². The third-order valence-electron chi connectivity index (χ3n) is 8.18. The monoisotopic (exact) mass is 582 g/mol. The number of fused-ring (bicyclic) bond motifs is 6. The van der Waals surface area contributed by atoms with Gasteiger partial charge in [-0.2, -0.15) is 24.6 Å². The SMILES string of the molecule is CC.CC.[CH2-]c1ccc(N(c2ccc3c(c2)C(C)(C)c2ccccc2-3)c2ccc3c(c2)c2ccccc2n3C)cc1.[Sc]. The molecule has 1 aliphatic rings. The Balaban J connectivity index is 0.000000778. The molecule has 1 radical (unpaired) electrons. The molecule has 1 aliphatic carbocycles. The van der Waals surface area contributed by atoms with E-state index in [1.54, 1.807) is 0 Å². The fraction of sp³-hybridized carbons (Fsp3) is 0.205. The maximum Gasteiger partial charge on any atom is 0.0490 e. The van der Waals surface area contributed by atoms with Crippen molar-refractivity contribution in [3.8, 4) is 11.1 Å². The van der Waals surface area contributed by atoms with Gasteiger partial charge >= 0.3 is 0 Å². The van der Waals surface area contributed by atoms with Crippen molar-refractivity contribution in [2.75, 3.05) is 4.90 Å². The number of hydrogen-bond acceptors (Lipinski definition) is 1. The quantitative estimate of drug-likeness (QED) is 0.188. The van der Waals surface area contributed by atoms with Gasteiger partial charge in [-0.15, -0.1) is 0 Å². The summed E-state index contributed by atoms with van der Waals surface area (Å²) in [6.07, 6.45) is 0. The first-order chi connectivity index (χ1) is 19.9. The Morgan fingerprint density at radius 3 is 1.86 bits per heavy atom. The fourth-order valence-corrected chi connectivity index (χ4v) is 6.22. The van der Waals surface area contributed by atoms with Gasteiger partial charge in [0.2, 0.25) is 0 Å². The third-order valence-corrected chi connectivity index (χ3v) is 8.18. The van der Waals surface area contributed by atoms with Crippen LogP contribution in [0.3, 0.4) is 0 Å². The smallest absolute Gasteiger partial charge is 0.0490 e. The maximum absolute atomic E-state index is 4.11. The van der Waals surface area contributed by atoms with E-state index in [0.29, 0.717) is 0 Å². The number of para-hydroxylation sites is 1. The number of hydrogen-bond donors (Lipinski definition) is 0.